The van der Waals surface area contributed by atoms with E-state index in [0.717, 1.165) is 38.8 Å². The van der Waals surface area contributed by atoms with Gasteiger partial charge in [0.2, 0.25) is 0 Å². The molecule has 0 aromatic heterocycles. The average molecular weight is 314 g/mol. The van der Waals surface area contributed by atoms with E-state index in [0.29, 0.717) is 17.2 Å². The lowest BCUT2D eigenvalue weighted by Crippen LogP contribution is -2.49. The van der Waals surface area contributed by atoms with Gasteiger partial charge < -0.3 is 15.3 Å². The standard InChI is InChI=1S/C15H26N2O3S/c1-21-13-4-2-3-12(13)16-15(20)17-9-7-11(8-10-17)5-6-14(18)19/h11-13H,2-10H2,1H3,(H,16,20)(H,18,19). The maximum Gasteiger partial charge on any atom is 0.317 e. The number of piperidine rings is 1. The number of hydrogen-bond donors (Lipinski definition) is 2. The first-order chi connectivity index (χ1) is 10.1. The van der Waals surface area contributed by atoms with Gasteiger partial charge in [0.1, 0.15) is 0 Å². The van der Waals surface area contributed by atoms with E-state index < -0.39 is 5.97 Å². The molecule has 2 atom stereocenters. The van der Waals surface area contributed by atoms with Crippen molar-refractivity contribution in [1.29, 1.82) is 0 Å². The molecule has 0 aromatic rings. The zero-order valence-corrected chi connectivity index (χ0v) is 13.5. The van der Waals surface area contributed by atoms with Gasteiger partial charge in [0.25, 0.3) is 0 Å². The number of carbonyl (C=O) groups is 2. The molecule has 1 aliphatic heterocycles. The molecular weight excluding hydrogens is 288 g/mol. The van der Waals surface area contributed by atoms with Crippen molar-refractivity contribution in [3.63, 3.8) is 0 Å². The monoisotopic (exact) mass is 314 g/mol. The molecule has 120 valence electrons. The highest BCUT2D eigenvalue weighted by Crippen LogP contribution is 2.29. The van der Waals surface area contributed by atoms with Crippen LogP contribution in [-0.2, 0) is 4.79 Å². The van der Waals surface area contributed by atoms with Gasteiger partial charge in [-0.2, -0.15) is 11.8 Å². The first-order valence-electron chi connectivity index (χ1n) is 7.90. The number of nitrogens with zero attached hydrogens (tertiary/aromatic N) is 1. The van der Waals surface area contributed by atoms with Crippen LogP contribution in [0.1, 0.15) is 44.9 Å². The van der Waals surface area contributed by atoms with Crippen molar-refractivity contribution in [1.82, 2.24) is 10.2 Å². The van der Waals surface area contributed by atoms with Crippen LogP contribution < -0.4 is 5.32 Å². The van der Waals surface area contributed by atoms with Crippen LogP contribution in [0.25, 0.3) is 0 Å². The van der Waals surface area contributed by atoms with Crippen LogP contribution in [0, 0.1) is 5.92 Å². The number of carbonyl (C=O) groups excluding carboxylic acids is 1. The fourth-order valence-electron chi connectivity index (χ4n) is 3.38. The summed E-state index contributed by atoms with van der Waals surface area (Å²) in [6.07, 6.45) is 8.44. The molecular formula is C15H26N2O3S. The summed E-state index contributed by atoms with van der Waals surface area (Å²) in [5.74, 6) is -0.268. The third-order valence-corrected chi connectivity index (χ3v) is 5.90. The Labute approximate surface area is 130 Å². The van der Waals surface area contributed by atoms with Crippen molar-refractivity contribution in [3.05, 3.63) is 0 Å². The number of hydrogen-bond acceptors (Lipinski definition) is 3. The smallest absolute Gasteiger partial charge is 0.317 e. The minimum Gasteiger partial charge on any atom is -0.481 e. The van der Waals surface area contributed by atoms with Gasteiger partial charge in [-0.1, -0.05) is 6.42 Å². The Hall–Kier alpha value is -0.910. The van der Waals surface area contributed by atoms with Crippen LogP contribution in [0.2, 0.25) is 0 Å². The number of nitrogens with one attached hydrogen (secondary N) is 1. The Bertz CT molecular complexity index is 370. The third kappa shape index (κ3) is 4.80. The lowest BCUT2D eigenvalue weighted by atomic mass is 9.92. The molecule has 2 unspecified atom stereocenters. The van der Waals surface area contributed by atoms with E-state index in [1.807, 2.05) is 16.7 Å². The van der Waals surface area contributed by atoms with E-state index >= 15 is 0 Å². The fourth-order valence-corrected chi connectivity index (χ4v) is 4.31. The van der Waals surface area contributed by atoms with Crippen molar-refractivity contribution in [2.24, 2.45) is 5.92 Å². The molecule has 2 aliphatic rings. The minimum atomic E-state index is -0.723. The van der Waals surface area contributed by atoms with Gasteiger partial charge in [-0.25, -0.2) is 4.79 Å². The minimum absolute atomic E-state index is 0.0673. The molecule has 21 heavy (non-hydrogen) atoms. The van der Waals surface area contributed by atoms with E-state index in [1.165, 1.54) is 12.8 Å². The van der Waals surface area contributed by atoms with Gasteiger partial charge in [0.05, 0.1) is 0 Å². The number of urea groups is 1. The molecule has 0 aromatic carbocycles. The van der Waals surface area contributed by atoms with Crippen molar-refractivity contribution in [2.45, 2.75) is 56.2 Å². The number of carboxylic acid groups (broad SMARTS) is 1. The summed E-state index contributed by atoms with van der Waals surface area (Å²) >= 11 is 1.85. The van der Waals surface area contributed by atoms with E-state index in [-0.39, 0.29) is 12.5 Å². The molecule has 2 fully saturated rings. The molecule has 1 aliphatic carbocycles. The Morgan fingerprint density at radius 3 is 2.57 bits per heavy atom. The average Bonchev–Trinajstić information content (AvgIpc) is 2.92. The predicted octanol–water partition coefficient (Wildman–Crippen LogP) is 2.56. The second-order valence-electron chi connectivity index (χ2n) is 6.12. The summed E-state index contributed by atoms with van der Waals surface area (Å²) in [6.45, 7) is 1.51. The Balaban J connectivity index is 1.71. The number of likely N-dealkylation sites (tertiary alicyclic amines) is 1. The summed E-state index contributed by atoms with van der Waals surface area (Å²) in [5.41, 5.74) is 0. The molecule has 6 heteroatoms. The van der Waals surface area contributed by atoms with E-state index in [1.54, 1.807) is 0 Å². The predicted molar refractivity (Wildman–Crippen MR) is 84.6 cm³/mol. The fraction of sp³-hybridized carbons (Fsp3) is 0.867. The van der Waals surface area contributed by atoms with Gasteiger partial charge in [-0.15, -0.1) is 0 Å². The van der Waals surface area contributed by atoms with E-state index in [2.05, 4.69) is 11.6 Å². The lowest BCUT2D eigenvalue weighted by molar-refractivity contribution is -0.137. The normalized spacial score (nSPS) is 26.8. The molecule has 0 spiro atoms. The topological polar surface area (TPSA) is 69.6 Å². The number of amides is 2. The highest BCUT2D eigenvalue weighted by Gasteiger charge is 2.30. The Kier molecular flexibility index (Phi) is 6.21. The molecule has 0 radical (unpaired) electrons. The molecule has 5 nitrogen and oxygen atoms in total. The zero-order valence-electron chi connectivity index (χ0n) is 12.7. The summed E-state index contributed by atoms with van der Waals surface area (Å²) in [5, 5.41) is 12.5. The van der Waals surface area contributed by atoms with Crippen molar-refractivity contribution in [2.75, 3.05) is 19.3 Å². The van der Waals surface area contributed by atoms with Crippen LogP contribution in [0.3, 0.4) is 0 Å². The third-order valence-electron chi connectivity index (χ3n) is 4.73. The second-order valence-corrected chi connectivity index (χ2v) is 7.20. The first kappa shape index (κ1) is 16.5. The molecule has 2 amide bonds. The van der Waals surface area contributed by atoms with Crippen LogP contribution in [0.15, 0.2) is 0 Å². The summed E-state index contributed by atoms with van der Waals surface area (Å²) in [6, 6.07) is 0.384. The molecule has 2 N–H and O–H groups in total. The van der Waals surface area contributed by atoms with E-state index in [4.69, 9.17) is 5.11 Å². The van der Waals surface area contributed by atoms with Gasteiger partial charge in [0, 0.05) is 30.8 Å². The number of rotatable bonds is 5. The molecule has 1 heterocycles. The SMILES string of the molecule is CSC1CCCC1NC(=O)N1CCC(CCC(=O)O)CC1. The molecule has 2 rings (SSSR count). The second kappa shape index (κ2) is 7.92. The lowest BCUT2D eigenvalue weighted by Gasteiger charge is -2.33. The van der Waals surface area contributed by atoms with Crippen LogP contribution in [0.5, 0.6) is 0 Å². The molecule has 1 saturated carbocycles. The van der Waals surface area contributed by atoms with Crippen molar-refractivity contribution < 1.29 is 14.7 Å². The number of thioether (sulfide) groups is 1. The molecule has 0 bridgehead atoms. The van der Waals surface area contributed by atoms with E-state index in [9.17, 15) is 9.59 Å². The summed E-state index contributed by atoms with van der Waals surface area (Å²) in [7, 11) is 0. The van der Waals surface area contributed by atoms with Crippen LogP contribution in [0.4, 0.5) is 4.79 Å². The van der Waals surface area contributed by atoms with Gasteiger partial charge in [-0.05, 0) is 44.3 Å². The summed E-state index contributed by atoms with van der Waals surface area (Å²) in [4.78, 5) is 24.8. The largest absolute Gasteiger partial charge is 0.481 e. The molecule has 1 saturated heterocycles. The van der Waals surface area contributed by atoms with Crippen LogP contribution >= 0.6 is 11.8 Å². The van der Waals surface area contributed by atoms with Crippen molar-refractivity contribution in [3.8, 4) is 0 Å². The van der Waals surface area contributed by atoms with Crippen molar-refractivity contribution >= 4 is 23.8 Å². The quantitative estimate of drug-likeness (QED) is 0.818. The first-order valence-corrected chi connectivity index (χ1v) is 9.19. The maximum absolute atomic E-state index is 12.3. The highest BCUT2D eigenvalue weighted by molar-refractivity contribution is 7.99. The Morgan fingerprint density at radius 2 is 1.95 bits per heavy atom. The Morgan fingerprint density at radius 1 is 1.24 bits per heavy atom. The maximum atomic E-state index is 12.3. The van der Waals surface area contributed by atoms with Gasteiger partial charge in [0.15, 0.2) is 0 Å². The number of aliphatic carboxylic acids is 1. The van der Waals surface area contributed by atoms with Gasteiger partial charge in [-0.3, -0.25) is 4.79 Å². The summed E-state index contributed by atoms with van der Waals surface area (Å²) < 4.78 is 0. The van der Waals surface area contributed by atoms with Gasteiger partial charge >= 0.3 is 12.0 Å². The number of carboxylic acids is 1. The zero-order chi connectivity index (χ0) is 15.2. The van der Waals surface area contributed by atoms with Crippen LogP contribution in [-0.4, -0.2) is 52.6 Å². The highest BCUT2D eigenvalue weighted by atomic mass is 32.2.